The molecule has 0 aliphatic carbocycles. The summed E-state index contributed by atoms with van der Waals surface area (Å²) >= 11 is 0. The molecule has 0 saturated heterocycles. The summed E-state index contributed by atoms with van der Waals surface area (Å²) < 4.78 is 69.1. The Labute approximate surface area is 235 Å². The van der Waals surface area contributed by atoms with Crippen LogP contribution in [0.3, 0.4) is 0 Å². The fourth-order valence-corrected chi connectivity index (χ4v) is 4.52. The lowest BCUT2D eigenvalue weighted by atomic mass is 9.99. The number of rotatable bonds is 7. The average Bonchev–Trinajstić information content (AvgIpc) is 3.36. The molecule has 5 rings (SSSR count). The first-order valence-corrected chi connectivity index (χ1v) is 12.5. The van der Waals surface area contributed by atoms with Crippen LogP contribution < -0.4 is 5.32 Å². The number of hydrogen-bond acceptors (Lipinski definition) is 4. The zero-order valence-electron chi connectivity index (χ0n) is 21.8. The Kier molecular flexibility index (Phi) is 7.46. The predicted octanol–water partition coefficient (Wildman–Crippen LogP) is 6.63. The Bertz CT molecular complexity index is 1800. The summed E-state index contributed by atoms with van der Waals surface area (Å²) in [7, 11) is 0. The number of amides is 1. The van der Waals surface area contributed by atoms with Gasteiger partial charge >= 0.3 is 12.1 Å². The second kappa shape index (κ2) is 11.0. The maximum atomic E-state index is 14.7. The van der Waals surface area contributed by atoms with E-state index in [1.165, 1.54) is 41.1 Å². The number of fused-ring (bicyclic) bond motifs is 1. The van der Waals surface area contributed by atoms with E-state index in [0.717, 1.165) is 30.3 Å². The van der Waals surface area contributed by atoms with Crippen molar-refractivity contribution in [3.63, 3.8) is 0 Å². The molecule has 1 atom stereocenters. The van der Waals surface area contributed by atoms with Crippen LogP contribution in [0.25, 0.3) is 22.2 Å². The molecule has 1 amide bonds. The highest BCUT2D eigenvalue weighted by molar-refractivity contribution is 6.06. The minimum atomic E-state index is -4.50. The molecule has 0 aliphatic rings. The Balaban J connectivity index is 1.55. The van der Waals surface area contributed by atoms with E-state index < -0.39 is 41.3 Å². The molecule has 0 bridgehead atoms. The number of halogens is 5. The number of carboxylic acid groups (broad SMARTS) is 1. The van der Waals surface area contributed by atoms with Crippen LogP contribution in [0.15, 0.2) is 78.9 Å². The summed E-state index contributed by atoms with van der Waals surface area (Å²) in [5, 5.41) is 20.1. The van der Waals surface area contributed by atoms with Gasteiger partial charge in [0.2, 0.25) is 0 Å². The van der Waals surface area contributed by atoms with Gasteiger partial charge in [0, 0.05) is 5.56 Å². The van der Waals surface area contributed by atoms with Crippen molar-refractivity contribution in [2.24, 2.45) is 0 Å². The summed E-state index contributed by atoms with van der Waals surface area (Å²) in [6.07, 6.45) is -4.50. The van der Waals surface area contributed by atoms with Crippen molar-refractivity contribution in [3.05, 3.63) is 118 Å². The summed E-state index contributed by atoms with van der Waals surface area (Å²) in [6.45, 7) is 1.65. The smallest absolute Gasteiger partial charge is 0.416 e. The highest BCUT2D eigenvalue weighted by Gasteiger charge is 2.30. The molecule has 1 heterocycles. The van der Waals surface area contributed by atoms with E-state index in [4.69, 9.17) is 5.11 Å². The summed E-state index contributed by atoms with van der Waals surface area (Å²) in [6, 6.07) is 15.5. The van der Waals surface area contributed by atoms with Crippen LogP contribution >= 0.6 is 0 Å². The molecule has 42 heavy (non-hydrogen) atoms. The largest absolute Gasteiger partial charge is 0.478 e. The Morgan fingerprint density at radius 2 is 1.64 bits per heavy atom. The molecule has 12 heteroatoms. The Morgan fingerprint density at radius 1 is 0.952 bits per heavy atom. The van der Waals surface area contributed by atoms with Gasteiger partial charge in [-0.05, 0) is 78.2 Å². The van der Waals surface area contributed by atoms with E-state index in [0.29, 0.717) is 11.1 Å². The second-order valence-electron chi connectivity index (χ2n) is 9.58. The average molecular weight is 581 g/mol. The number of nitrogens with one attached hydrogen (secondary N) is 1. The number of carbonyl (C=O) groups excluding carboxylic acids is 1. The van der Waals surface area contributed by atoms with E-state index >= 15 is 0 Å². The number of aromatic nitrogens is 3. The highest BCUT2D eigenvalue weighted by atomic mass is 19.4. The fourth-order valence-electron chi connectivity index (χ4n) is 4.52. The van der Waals surface area contributed by atoms with Crippen molar-refractivity contribution in [1.29, 1.82) is 0 Å². The number of benzene rings is 4. The number of nitrogens with zero attached hydrogens (tertiary/aromatic N) is 3. The van der Waals surface area contributed by atoms with Crippen molar-refractivity contribution in [2.45, 2.75) is 25.7 Å². The maximum Gasteiger partial charge on any atom is 0.416 e. The molecule has 0 unspecified atom stereocenters. The van der Waals surface area contributed by atoms with E-state index in [1.54, 1.807) is 19.1 Å². The van der Waals surface area contributed by atoms with Crippen LogP contribution in [0.4, 0.5) is 22.0 Å². The molecule has 0 fully saturated rings. The number of aromatic carboxylic acids is 1. The van der Waals surface area contributed by atoms with E-state index in [9.17, 15) is 31.5 Å². The van der Waals surface area contributed by atoms with Crippen molar-refractivity contribution < 1.29 is 36.6 Å². The number of hydrogen-bond donors (Lipinski definition) is 2. The standard InChI is InChI=1S/C30H21F5N4O3/c1-16(18-4-6-19(7-5-18)29(41)42)36-28(40)24-12-20(23-14-22(31)10-11-25(23)32)13-26-27(24)39(38-37-26)15-17-2-8-21(9-3-17)30(33,34)35/h2-14,16H,15H2,1H3,(H,36,40)(H,41,42)/t16-/m0/s1. The number of alkyl halides is 3. The fraction of sp³-hybridized carbons (Fsp3) is 0.133. The van der Waals surface area contributed by atoms with Crippen LogP contribution in [-0.2, 0) is 12.7 Å². The summed E-state index contributed by atoms with van der Waals surface area (Å²) in [5.74, 6) is -3.15. The number of carboxylic acids is 1. The van der Waals surface area contributed by atoms with Crippen molar-refractivity contribution >= 4 is 22.9 Å². The van der Waals surface area contributed by atoms with Crippen molar-refractivity contribution in [3.8, 4) is 11.1 Å². The minimum absolute atomic E-state index is 0.0112. The first-order chi connectivity index (χ1) is 19.9. The third-order valence-electron chi connectivity index (χ3n) is 6.71. The highest BCUT2D eigenvalue weighted by Crippen LogP contribution is 2.31. The third-order valence-corrected chi connectivity index (χ3v) is 6.71. The van der Waals surface area contributed by atoms with Gasteiger partial charge < -0.3 is 10.4 Å². The zero-order valence-corrected chi connectivity index (χ0v) is 21.8. The molecule has 0 radical (unpaired) electrons. The van der Waals surface area contributed by atoms with Gasteiger partial charge in [0.1, 0.15) is 22.7 Å². The monoisotopic (exact) mass is 580 g/mol. The molecule has 1 aromatic heterocycles. The molecule has 7 nitrogen and oxygen atoms in total. The van der Waals surface area contributed by atoms with Gasteiger partial charge in [0.25, 0.3) is 5.91 Å². The first kappa shape index (κ1) is 28.4. The van der Waals surface area contributed by atoms with Crippen LogP contribution in [0.1, 0.15) is 50.4 Å². The van der Waals surface area contributed by atoms with E-state index in [-0.39, 0.29) is 39.8 Å². The normalized spacial score (nSPS) is 12.3. The molecule has 0 spiro atoms. The molecular formula is C30H21F5N4O3. The summed E-state index contributed by atoms with van der Waals surface area (Å²) in [4.78, 5) is 24.8. The molecule has 0 aliphatic heterocycles. The third kappa shape index (κ3) is 5.82. The Morgan fingerprint density at radius 3 is 2.29 bits per heavy atom. The van der Waals surface area contributed by atoms with Crippen LogP contribution in [0.5, 0.6) is 0 Å². The predicted molar refractivity (Wildman–Crippen MR) is 143 cm³/mol. The van der Waals surface area contributed by atoms with Gasteiger partial charge in [0.15, 0.2) is 0 Å². The van der Waals surface area contributed by atoms with E-state index in [1.807, 2.05) is 0 Å². The number of carbonyl (C=O) groups is 2. The maximum absolute atomic E-state index is 14.7. The Hall–Kier alpha value is -5.13. The van der Waals surface area contributed by atoms with Crippen LogP contribution in [0.2, 0.25) is 0 Å². The van der Waals surface area contributed by atoms with Crippen LogP contribution in [0, 0.1) is 11.6 Å². The molecular weight excluding hydrogens is 559 g/mol. The SMILES string of the molecule is C[C@H](NC(=O)c1cc(-c2cc(F)ccc2F)cc2nnn(Cc3ccc(C(F)(F)F)cc3)c12)c1ccc(C(=O)O)cc1. The second-order valence-corrected chi connectivity index (χ2v) is 9.58. The zero-order chi connectivity index (χ0) is 30.2. The topological polar surface area (TPSA) is 97.1 Å². The van der Waals surface area contributed by atoms with Gasteiger partial charge in [-0.2, -0.15) is 13.2 Å². The van der Waals surface area contributed by atoms with Gasteiger partial charge in [-0.25, -0.2) is 18.3 Å². The minimum Gasteiger partial charge on any atom is -0.478 e. The summed E-state index contributed by atoms with van der Waals surface area (Å²) in [5.41, 5.74) is 0.765. The quantitative estimate of drug-likeness (QED) is 0.211. The first-order valence-electron chi connectivity index (χ1n) is 12.5. The van der Waals surface area contributed by atoms with Gasteiger partial charge in [-0.15, -0.1) is 5.10 Å². The van der Waals surface area contributed by atoms with Crippen LogP contribution in [-0.4, -0.2) is 32.0 Å². The van der Waals surface area contributed by atoms with Crippen molar-refractivity contribution in [2.75, 3.05) is 0 Å². The molecule has 4 aromatic carbocycles. The van der Waals surface area contributed by atoms with Crippen molar-refractivity contribution in [1.82, 2.24) is 20.3 Å². The molecule has 5 aromatic rings. The molecule has 2 N–H and O–H groups in total. The van der Waals surface area contributed by atoms with Gasteiger partial charge in [-0.1, -0.05) is 29.5 Å². The van der Waals surface area contributed by atoms with Gasteiger partial charge in [0.05, 0.1) is 29.3 Å². The van der Waals surface area contributed by atoms with Gasteiger partial charge in [-0.3, -0.25) is 4.79 Å². The molecule has 214 valence electrons. The molecule has 0 saturated carbocycles. The lowest BCUT2D eigenvalue weighted by molar-refractivity contribution is -0.137. The lowest BCUT2D eigenvalue weighted by Crippen LogP contribution is -2.27. The lowest BCUT2D eigenvalue weighted by Gasteiger charge is -2.16. The van der Waals surface area contributed by atoms with E-state index in [2.05, 4.69) is 15.6 Å².